The van der Waals surface area contributed by atoms with E-state index in [1.54, 1.807) is 11.4 Å². The number of carbonyl (C=O) groups is 2. The number of oxazole rings is 1. The van der Waals surface area contributed by atoms with Crippen LogP contribution >= 0.6 is 23.1 Å². The van der Waals surface area contributed by atoms with Gasteiger partial charge in [-0.05, 0) is 23.6 Å². The normalized spacial score (nSPS) is 10.7. The highest BCUT2D eigenvalue weighted by Crippen LogP contribution is 2.26. The summed E-state index contributed by atoms with van der Waals surface area (Å²) in [6.45, 7) is 0. The van der Waals surface area contributed by atoms with Crippen LogP contribution in [-0.2, 0) is 9.53 Å². The molecule has 118 valence electrons. The maximum absolute atomic E-state index is 12.0. The number of rotatable bonds is 5. The van der Waals surface area contributed by atoms with Gasteiger partial charge in [0.2, 0.25) is 5.91 Å². The number of nitrogens with one attached hydrogen (secondary N) is 1. The zero-order valence-corrected chi connectivity index (χ0v) is 13.7. The molecular weight excluding hydrogens is 336 g/mol. The van der Waals surface area contributed by atoms with Crippen molar-refractivity contribution < 1.29 is 18.7 Å². The molecule has 1 amide bonds. The smallest absolute Gasteiger partial charge is 0.340 e. The third kappa shape index (κ3) is 3.54. The van der Waals surface area contributed by atoms with Gasteiger partial charge in [0.15, 0.2) is 5.58 Å². The lowest BCUT2D eigenvalue weighted by Crippen LogP contribution is -2.15. The molecule has 0 bridgehead atoms. The van der Waals surface area contributed by atoms with Gasteiger partial charge in [-0.25, -0.2) is 9.78 Å². The number of benzene rings is 1. The van der Waals surface area contributed by atoms with Crippen molar-refractivity contribution in [2.24, 2.45) is 0 Å². The van der Waals surface area contributed by atoms with Crippen LogP contribution in [0.25, 0.3) is 11.1 Å². The minimum atomic E-state index is -0.479. The highest BCUT2D eigenvalue weighted by molar-refractivity contribution is 7.99. The van der Waals surface area contributed by atoms with Gasteiger partial charge in [-0.2, -0.15) is 0 Å². The van der Waals surface area contributed by atoms with Gasteiger partial charge in [0.25, 0.3) is 5.22 Å². The van der Waals surface area contributed by atoms with Crippen molar-refractivity contribution in [2.45, 2.75) is 5.22 Å². The second-order valence-corrected chi connectivity index (χ2v) is 6.28. The second kappa shape index (κ2) is 6.84. The Labute approximate surface area is 139 Å². The highest BCUT2D eigenvalue weighted by Gasteiger charge is 2.16. The summed E-state index contributed by atoms with van der Waals surface area (Å²) in [5, 5.41) is 5.32. The molecule has 0 fully saturated rings. The minimum absolute atomic E-state index is 0.130. The number of esters is 1. The van der Waals surface area contributed by atoms with Crippen LogP contribution in [0.15, 0.2) is 45.4 Å². The maximum atomic E-state index is 12.0. The molecule has 0 saturated carbocycles. The van der Waals surface area contributed by atoms with Crippen LogP contribution in [0.4, 0.5) is 5.00 Å². The zero-order chi connectivity index (χ0) is 16.2. The standard InChI is InChI=1S/C15H12N2O4S2/c1-20-14(19)9-6-7-22-13(9)17-12(18)8-23-15-16-10-4-2-3-5-11(10)21-15/h2-7H,8H2,1H3,(H,17,18). The van der Waals surface area contributed by atoms with E-state index in [0.29, 0.717) is 21.4 Å². The van der Waals surface area contributed by atoms with Crippen molar-refractivity contribution in [2.75, 3.05) is 18.2 Å². The lowest BCUT2D eigenvalue weighted by molar-refractivity contribution is -0.113. The molecule has 1 N–H and O–H groups in total. The van der Waals surface area contributed by atoms with Gasteiger partial charge in [-0.1, -0.05) is 23.9 Å². The first-order valence-corrected chi connectivity index (χ1v) is 8.48. The van der Waals surface area contributed by atoms with Gasteiger partial charge in [0.1, 0.15) is 10.5 Å². The van der Waals surface area contributed by atoms with Gasteiger partial charge in [0, 0.05) is 0 Å². The Morgan fingerprint density at radius 3 is 2.96 bits per heavy atom. The molecule has 8 heteroatoms. The molecule has 0 atom stereocenters. The Morgan fingerprint density at radius 2 is 2.17 bits per heavy atom. The van der Waals surface area contributed by atoms with Gasteiger partial charge >= 0.3 is 5.97 Å². The van der Waals surface area contributed by atoms with E-state index in [1.165, 1.54) is 30.2 Å². The molecule has 0 aliphatic carbocycles. The van der Waals surface area contributed by atoms with E-state index in [1.807, 2.05) is 24.3 Å². The predicted molar refractivity (Wildman–Crippen MR) is 89.0 cm³/mol. The number of ether oxygens (including phenoxy) is 1. The van der Waals surface area contributed by atoms with Crippen molar-refractivity contribution in [3.05, 3.63) is 41.3 Å². The fraction of sp³-hybridized carbons (Fsp3) is 0.133. The number of amides is 1. The number of hydrogen-bond donors (Lipinski definition) is 1. The number of thioether (sulfide) groups is 1. The van der Waals surface area contributed by atoms with Crippen molar-refractivity contribution >= 4 is 51.1 Å². The van der Waals surface area contributed by atoms with Crippen molar-refractivity contribution in [3.8, 4) is 0 Å². The third-order valence-electron chi connectivity index (χ3n) is 2.92. The predicted octanol–water partition coefficient (Wildman–Crippen LogP) is 3.41. The molecule has 0 unspecified atom stereocenters. The zero-order valence-electron chi connectivity index (χ0n) is 12.1. The molecule has 2 heterocycles. The first-order chi connectivity index (χ1) is 11.2. The van der Waals surface area contributed by atoms with Crippen LogP contribution in [0.1, 0.15) is 10.4 Å². The summed E-state index contributed by atoms with van der Waals surface area (Å²) < 4.78 is 10.2. The molecule has 23 heavy (non-hydrogen) atoms. The highest BCUT2D eigenvalue weighted by atomic mass is 32.2. The summed E-state index contributed by atoms with van der Waals surface area (Å²) in [5.41, 5.74) is 1.78. The van der Waals surface area contributed by atoms with Crippen LogP contribution in [0.5, 0.6) is 0 Å². The van der Waals surface area contributed by atoms with Crippen LogP contribution < -0.4 is 5.32 Å². The monoisotopic (exact) mass is 348 g/mol. The number of fused-ring (bicyclic) bond motifs is 1. The topological polar surface area (TPSA) is 81.4 Å². The number of methoxy groups -OCH3 is 1. The molecule has 0 aliphatic rings. The van der Waals surface area contributed by atoms with E-state index in [0.717, 1.165) is 5.52 Å². The number of aromatic nitrogens is 1. The summed E-state index contributed by atoms with van der Waals surface area (Å²) in [4.78, 5) is 27.9. The first kappa shape index (κ1) is 15.6. The summed E-state index contributed by atoms with van der Waals surface area (Å²) in [7, 11) is 1.30. The summed E-state index contributed by atoms with van der Waals surface area (Å²) in [6.07, 6.45) is 0. The number of nitrogens with zero attached hydrogens (tertiary/aromatic N) is 1. The Balaban J connectivity index is 1.61. The first-order valence-electron chi connectivity index (χ1n) is 6.61. The summed E-state index contributed by atoms with van der Waals surface area (Å²) >= 11 is 2.46. The van der Waals surface area contributed by atoms with Crippen LogP contribution in [0.2, 0.25) is 0 Å². The molecule has 2 aromatic heterocycles. The molecule has 3 rings (SSSR count). The number of anilines is 1. The maximum Gasteiger partial charge on any atom is 0.340 e. The Bertz CT molecular complexity index is 823. The number of hydrogen-bond acceptors (Lipinski definition) is 7. The number of thiophene rings is 1. The van der Waals surface area contributed by atoms with Crippen LogP contribution in [0.3, 0.4) is 0 Å². The molecule has 0 radical (unpaired) electrons. The fourth-order valence-electron chi connectivity index (χ4n) is 1.88. The van der Waals surface area contributed by atoms with Crippen molar-refractivity contribution in [1.82, 2.24) is 4.98 Å². The van der Waals surface area contributed by atoms with E-state index >= 15 is 0 Å². The van der Waals surface area contributed by atoms with Gasteiger partial charge in [-0.3, -0.25) is 4.79 Å². The van der Waals surface area contributed by atoms with E-state index in [9.17, 15) is 9.59 Å². The van der Waals surface area contributed by atoms with Crippen molar-refractivity contribution in [3.63, 3.8) is 0 Å². The van der Waals surface area contributed by atoms with Crippen LogP contribution in [-0.4, -0.2) is 29.7 Å². The second-order valence-electron chi connectivity index (χ2n) is 4.44. The third-order valence-corrected chi connectivity index (χ3v) is 4.58. The molecule has 1 aromatic carbocycles. The average molecular weight is 348 g/mol. The Morgan fingerprint density at radius 1 is 1.35 bits per heavy atom. The molecule has 0 aliphatic heterocycles. The average Bonchev–Trinajstić information content (AvgIpc) is 3.18. The molecule has 0 spiro atoms. The van der Waals surface area contributed by atoms with Gasteiger partial charge in [0.05, 0.1) is 18.4 Å². The molecular formula is C15H12N2O4S2. The van der Waals surface area contributed by atoms with E-state index in [2.05, 4.69) is 15.0 Å². The largest absolute Gasteiger partial charge is 0.465 e. The van der Waals surface area contributed by atoms with E-state index in [-0.39, 0.29) is 11.7 Å². The van der Waals surface area contributed by atoms with Crippen LogP contribution in [0, 0.1) is 0 Å². The van der Waals surface area contributed by atoms with Crippen molar-refractivity contribution in [1.29, 1.82) is 0 Å². The quantitative estimate of drug-likeness (QED) is 0.562. The SMILES string of the molecule is COC(=O)c1ccsc1NC(=O)CSc1nc2ccccc2o1. The fourth-order valence-corrected chi connectivity index (χ4v) is 3.31. The Kier molecular flexibility index (Phi) is 4.63. The Hall–Kier alpha value is -2.32. The van der Waals surface area contributed by atoms with Gasteiger partial charge < -0.3 is 14.5 Å². The lowest BCUT2D eigenvalue weighted by Gasteiger charge is -2.04. The van der Waals surface area contributed by atoms with Gasteiger partial charge in [-0.15, -0.1) is 11.3 Å². The minimum Gasteiger partial charge on any atom is -0.465 e. The van der Waals surface area contributed by atoms with E-state index in [4.69, 9.17) is 4.42 Å². The number of para-hydroxylation sites is 2. The molecule has 0 saturated heterocycles. The van der Waals surface area contributed by atoms with E-state index < -0.39 is 5.97 Å². The summed E-state index contributed by atoms with van der Waals surface area (Å²) in [6, 6.07) is 9.01. The summed E-state index contributed by atoms with van der Waals surface area (Å²) in [5.74, 6) is -0.594. The number of carbonyl (C=O) groups excluding carboxylic acids is 2. The lowest BCUT2D eigenvalue weighted by atomic mass is 10.3. The molecule has 3 aromatic rings. The molecule has 6 nitrogen and oxygen atoms in total.